The van der Waals surface area contributed by atoms with Gasteiger partial charge in [0.2, 0.25) is 5.75 Å². The lowest BCUT2D eigenvalue weighted by Gasteiger charge is -2.12. The molecule has 5 heteroatoms. The van der Waals surface area contributed by atoms with Crippen molar-refractivity contribution < 1.29 is 15.3 Å². The number of nitrogens with one attached hydrogen (secondary N) is 1. The van der Waals surface area contributed by atoms with Crippen molar-refractivity contribution in [2.45, 2.75) is 0 Å². The fraction of sp³-hybridized carbons (Fsp3) is 0. The molecule has 1 aromatic carbocycles. The number of hydrogen-bond acceptors (Lipinski definition) is 4. The molecule has 4 N–H and O–H groups in total. The van der Waals surface area contributed by atoms with Gasteiger partial charge in [0.05, 0.1) is 5.69 Å². The zero-order chi connectivity index (χ0) is 12.9. The van der Waals surface area contributed by atoms with Crippen molar-refractivity contribution in [2.75, 3.05) is 0 Å². The first-order chi connectivity index (χ1) is 8.59. The van der Waals surface area contributed by atoms with Gasteiger partial charge in [-0.2, -0.15) is 0 Å². The van der Waals surface area contributed by atoms with E-state index < -0.39 is 22.7 Å². The number of pyridine rings is 1. The van der Waals surface area contributed by atoms with Crippen molar-refractivity contribution in [3.63, 3.8) is 0 Å². The predicted molar refractivity (Wildman–Crippen MR) is 66.2 cm³/mol. The third-order valence-corrected chi connectivity index (χ3v) is 2.94. The van der Waals surface area contributed by atoms with Gasteiger partial charge >= 0.3 is 0 Å². The molecule has 0 bridgehead atoms. The number of phenolic OH excluding ortho intramolecular Hbond substituents is 3. The summed E-state index contributed by atoms with van der Waals surface area (Å²) in [6, 6.07) is 8.81. The summed E-state index contributed by atoms with van der Waals surface area (Å²) < 4.78 is 0. The Kier molecular flexibility index (Phi) is 1.98. The second-order valence-corrected chi connectivity index (χ2v) is 4.02. The Morgan fingerprint density at radius 3 is 2.44 bits per heavy atom. The van der Waals surface area contributed by atoms with Crippen LogP contribution in [0.25, 0.3) is 22.2 Å². The molecule has 0 aromatic heterocycles. The first kappa shape index (κ1) is 10.5. The van der Waals surface area contributed by atoms with E-state index in [0.717, 1.165) is 5.39 Å². The van der Waals surface area contributed by atoms with Gasteiger partial charge < -0.3 is 20.3 Å². The van der Waals surface area contributed by atoms with E-state index in [4.69, 9.17) is 0 Å². The maximum Gasteiger partial charge on any atom is 0.267 e. The number of H-pyrrole nitrogens is 1. The molecule has 2 aliphatic rings. The van der Waals surface area contributed by atoms with Gasteiger partial charge in [-0.25, -0.2) is 0 Å². The van der Waals surface area contributed by atoms with Gasteiger partial charge in [0.15, 0.2) is 11.5 Å². The standard InChI is InChI=1S/C13H9NO4/c15-10-7-5-6-3-1-2-4-8(6)14-9(7)11(16)13(18)12(10)17/h1-5,14-17H. The molecule has 0 spiro atoms. The highest BCUT2D eigenvalue weighted by Gasteiger charge is 2.22. The van der Waals surface area contributed by atoms with Crippen LogP contribution >= 0.6 is 0 Å². The van der Waals surface area contributed by atoms with Crippen LogP contribution in [0, 0.1) is 0 Å². The zero-order valence-corrected chi connectivity index (χ0v) is 9.14. The second-order valence-electron chi connectivity index (χ2n) is 4.02. The van der Waals surface area contributed by atoms with Crippen LogP contribution in [0.5, 0.6) is 17.2 Å². The van der Waals surface area contributed by atoms with E-state index in [1.54, 1.807) is 18.2 Å². The van der Waals surface area contributed by atoms with Gasteiger partial charge in [-0.3, -0.25) is 4.79 Å². The predicted octanol–water partition coefficient (Wildman–Crippen LogP) is 1.75. The molecule has 0 saturated heterocycles. The van der Waals surface area contributed by atoms with Crippen LogP contribution in [0.2, 0.25) is 0 Å². The second kappa shape index (κ2) is 3.40. The van der Waals surface area contributed by atoms with Gasteiger partial charge in [-0.05, 0) is 17.5 Å². The van der Waals surface area contributed by atoms with E-state index in [2.05, 4.69) is 4.98 Å². The van der Waals surface area contributed by atoms with Gasteiger partial charge in [-0.1, -0.05) is 18.2 Å². The Balaban J connectivity index is 2.58. The van der Waals surface area contributed by atoms with E-state index in [1.165, 1.54) is 0 Å². The highest BCUT2D eigenvalue weighted by atomic mass is 16.3. The number of benzene rings is 2. The Morgan fingerprint density at radius 1 is 0.944 bits per heavy atom. The molecule has 0 radical (unpaired) electrons. The van der Waals surface area contributed by atoms with Gasteiger partial charge in [0.25, 0.3) is 5.43 Å². The Bertz CT molecular complexity index is 791. The van der Waals surface area contributed by atoms with E-state index in [-0.39, 0.29) is 11.3 Å². The van der Waals surface area contributed by atoms with Crippen LogP contribution in [-0.2, 0) is 0 Å². The molecule has 0 atom stereocenters. The average molecular weight is 243 g/mol. The zero-order valence-electron chi connectivity index (χ0n) is 9.14. The number of aromatic amines is 1. The highest BCUT2D eigenvalue weighted by molar-refractivity contribution is 5.90. The minimum absolute atomic E-state index is 0.106. The van der Waals surface area contributed by atoms with Crippen molar-refractivity contribution in [2.24, 2.45) is 0 Å². The SMILES string of the molecule is O=c1c(O)c2[nH]c3ccccc3cc-2c(O)c1O. The van der Waals surface area contributed by atoms with Gasteiger partial charge in [0, 0.05) is 11.1 Å². The molecular weight excluding hydrogens is 234 g/mol. The third-order valence-electron chi connectivity index (χ3n) is 2.94. The van der Waals surface area contributed by atoms with E-state index in [0.29, 0.717) is 5.52 Å². The normalized spacial score (nSPS) is 11.1. The molecule has 90 valence electrons. The number of rotatable bonds is 0. The molecule has 0 saturated carbocycles. The lowest BCUT2D eigenvalue weighted by Crippen LogP contribution is -2.04. The third kappa shape index (κ3) is 1.24. The van der Waals surface area contributed by atoms with Crippen molar-refractivity contribution in [1.29, 1.82) is 0 Å². The molecule has 0 fully saturated rings. The van der Waals surface area contributed by atoms with Gasteiger partial charge in [0.1, 0.15) is 0 Å². The van der Waals surface area contributed by atoms with Crippen LogP contribution < -0.4 is 5.43 Å². The number of hydrogen-bond donors (Lipinski definition) is 4. The van der Waals surface area contributed by atoms with Crippen LogP contribution in [-0.4, -0.2) is 20.3 Å². The summed E-state index contributed by atoms with van der Waals surface area (Å²) >= 11 is 0. The molecule has 3 rings (SSSR count). The van der Waals surface area contributed by atoms with Crippen LogP contribution in [0.3, 0.4) is 0 Å². The number of para-hydroxylation sites is 1. The largest absolute Gasteiger partial charge is 0.504 e. The topological polar surface area (TPSA) is 93.5 Å². The van der Waals surface area contributed by atoms with Crippen molar-refractivity contribution in [3.05, 3.63) is 40.6 Å². The van der Waals surface area contributed by atoms with Gasteiger partial charge in [-0.15, -0.1) is 0 Å². The molecular formula is C13H9NO4. The summed E-state index contributed by atoms with van der Waals surface area (Å²) in [6.07, 6.45) is 0. The lowest BCUT2D eigenvalue weighted by atomic mass is 10.0. The summed E-state index contributed by atoms with van der Waals surface area (Å²) in [7, 11) is 0. The summed E-state index contributed by atoms with van der Waals surface area (Å²) in [5.74, 6) is -1.98. The van der Waals surface area contributed by atoms with Crippen molar-refractivity contribution in [1.82, 2.24) is 4.98 Å². The maximum atomic E-state index is 11.5. The molecule has 1 heterocycles. The Morgan fingerprint density at radius 2 is 1.67 bits per heavy atom. The molecule has 0 amide bonds. The van der Waals surface area contributed by atoms with E-state index in [1.807, 2.05) is 12.1 Å². The Hall–Kier alpha value is -2.69. The summed E-state index contributed by atoms with van der Waals surface area (Å²) in [5, 5.41) is 29.7. The number of aromatic hydroxyl groups is 3. The first-order valence-corrected chi connectivity index (χ1v) is 5.28. The number of aromatic nitrogens is 1. The number of fused-ring (bicyclic) bond motifs is 2. The fourth-order valence-corrected chi connectivity index (χ4v) is 2.00. The first-order valence-electron chi connectivity index (χ1n) is 5.28. The smallest absolute Gasteiger partial charge is 0.267 e. The Labute approximate surface area is 101 Å². The monoisotopic (exact) mass is 243 g/mol. The summed E-state index contributed by atoms with van der Waals surface area (Å²) in [4.78, 5) is 14.3. The van der Waals surface area contributed by atoms with Crippen molar-refractivity contribution >= 4 is 10.9 Å². The minimum atomic E-state index is -0.994. The molecule has 18 heavy (non-hydrogen) atoms. The van der Waals surface area contributed by atoms with Crippen LogP contribution in [0.15, 0.2) is 35.1 Å². The molecule has 5 nitrogen and oxygen atoms in total. The minimum Gasteiger partial charge on any atom is -0.504 e. The summed E-state index contributed by atoms with van der Waals surface area (Å²) in [6.45, 7) is 0. The average Bonchev–Trinajstić information content (AvgIpc) is 2.41. The van der Waals surface area contributed by atoms with E-state index in [9.17, 15) is 20.1 Å². The van der Waals surface area contributed by atoms with Crippen LogP contribution in [0.4, 0.5) is 0 Å². The van der Waals surface area contributed by atoms with E-state index >= 15 is 0 Å². The van der Waals surface area contributed by atoms with Crippen molar-refractivity contribution in [3.8, 4) is 28.5 Å². The quantitative estimate of drug-likeness (QED) is 0.275. The molecule has 1 aromatic rings. The lowest BCUT2D eigenvalue weighted by molar-refractivity contribution is 0.392. The number of phenols is 3. The molecule has 1 aliphatic heterocycles. The fourth-order valence-electron chi connectivity index (χ4n) is 2.00. The van der Waals surface area contributed by atoms with Crippen LogP contribution in [0.1, 0.15) is 0 Å². The summed E-state index contributed by atoms with van der Waals surface area (Å²) in [5.41, 5.74) is 0.0219. The molecule has 1 aliphatic carbocycles. The highest BCUT2D eigenvalue weighted by Crippen LogP contribution is 2.40. The molecule has 0 unspecified atom stereocenters. The maximum absolute atomic E-state index is 11.5.